The van der Waals surface area contributed by atoms with E-state index in [1.54, 1.807) is 0 Å². The van der Waals surface area contributed by atoms with Crippen LogP contribution in [-0.2, 0) is 25.0 Å². The second-order valence-corrected chi connectivity index (χ2v) is 7.64. The number of aryl methyl sites for hydroxylation is 1. The van der Waals surface area contributed by atoms with Crippen LogP contribution in [0, 0.1) is 4.43 Å². The van der Waals surface area contributed by atoms with E-state index < -0.39 is 0 Å². The average molecular weight is 590 g/mol. The molecule has 2 aromatic heterocycles. The van der Waals surface area contributed by atoms with Gasteiger partial charge in [-0.15, -0.1) is 18.5 Å². The Morgan fingerprint density at radius 1 is 1.00 bits per heavy atom. The summed E-state index contributed by atoms with van der Waals surface area (Å²) in [5.41, 5.74) is 4.28. The molecular weight excluding hydrogens is 560 g/mol. The molecule has 0 saturated heterocycles. The van der Waals surface area contributed by atoms with E-state index in [0.717, 1.165) is 46.3 Å². The van der Waals surface area contributed by atoms with Crippen molar-refractivity contribution in [2.45, 2.75) is 27.2 Å². The number of imidazole rings is 2. The molecule has 2 atom stereocenters. The first kappa shape index (κ1) is 29.3. The third-order valence-corrected chi connectivity index (χ3v) is 5.00. The fourth-order valence-electron chi connectivity index (χ4n) is 2.40. The van der Waals surface area contributed by atoms with Crippen molar-refractivity contribution in [2.24, 2.45) is 0 Å². The van der Waals surface area contributed by atoms with Crippen molar-refractivity contribution in [3.05, 3.63) is 70.4 Å². The molecule has 4 aromatic rings. The average Bonchev–Trinajstić information content (AvgIpc) is 3.32. The number of hydrogen-bond acceptors (Lipinski definition) is 2. The molecule has 8 heteroatoms. The van der Waals surface area contributed by atoms with E-state index >= 15 is 0 Å². The number of aromatic amines is 2. The molecule has 2 heterocycles. The fraction of sp³-hybridized carbons (Fsp3) is 0.227. The van der Waals surface area contributed by atoms with Crippen LogP contribution in [0.5, 0.6) is 0 Å². The molecule has 4 rings (SSSR count). The minimum Gasteiger partial charge on any atom is -0.342 e. The van der Waals surface area contributed by atoms with Gasteiger partial charge in [-0.3, -0.25) is 4.43 Å². The van der Waals surface area contributed by atoms with Gasteiger partial charge in [0.15, 0.2) is 0 Å². The first-order chi connectivity index (χ1) is 13.7. The van der Waals surface area contributed by atoms with Crippen molar-refractivity contribution in [3.8, 4) is 0 Å². The standard InChI is InChI=1S/C9H11N2P.C9H9N2P.C3H6I.CH4.V/c2*12-6-5-9-10-7-3-1-2-4-8(7)11-9;1-2-3-4;;/h1-4H,5-6,12H2,(H,10,11);1-6H,12H2,(H,10,11);3H,2H2,1H3;1H4;/q;;-1;;. The summed E-state index contributed by atoms with van der Waals surface area (Å²) in [7, 11) is 5.23. The second-order valence-electron chi connectivity index (χ2n) is 5.80. The summed E-state index contributed by atoms with van der Waals surface area (Å²) in [6, 6.07) is 16.1. The smallest absolute Gasteiger partial charge is 0.131 e. The van der Waals surface area contributed by atoms with Gasteiger partial charge in [-0.2, -0.15) is 6.42 Å². The Bertz CT molecular complexity index is 933. The summed E-state index contributed by atoms with van der Waals surface area (Å²) in [5.74, 6) is 3.86. The van der Waals surface area contributed by atoms with E-state index in [4.69, 9.17) is 0 Å². The number of nitrogens with zero attached hydrogens (tertiary/aromatic N) is 2. The van der Waals surface area contributed by atoms with Crippen molar-refractivity contribution >= 4 is 69.2 Å². The Morgan fingerprint density at radius 3 is 2.00 bits per heavy atom. The molecule has 30 heavy (non-hydrogen) atoms. The van der Waals surface area contributed by atoms with Crippen LogP contribution in [0.3, 0.4) is 0 Å². The molecule has 161 valence electrons. The van der Waals surface area contributed by atoms with Crippen LogP contribution in [-0.4, -0.2) is 26.1 Å². The summed E-state index contributed by atoms with van der Waals surface area (Å²) in [6.07, 6.45) is 5.16. The molecule has 2 unspecified atom stereocenters. The van der Waals surface area contributed by atoms with Crippen LogP contribution in [0.4, 0.5) is 0 Å². The Kier molecular flexibility index (Phi) is 16.5. The Labute approximate surface area is 210 Å². The van der Waals surface area contributed by atoms with Gasteiger partial charge >= 0.3 is 0 Å². The molecular formula is C22H30IN4P2V-. The Hall–Kier alpha value is -0.706. The van der Waals surface area contributed by atoms with E-state index in [9.17, 15) is 0 Å². The van der Waals surface area contributed by atoms with Gasteiger partial charge in [0, 0.05) is 25.0 Å². The van der Waals surface area contributed by atoms with Crippen molar-refractivity contribution in [1.29, 1.82) is 0 Å². The molecule has 4 nitrogen and oxygen atoms in total. The molecule has 0 aliphatic heterocycles. The van der Waals surface area contributed by atoms with Gasteiger partial charge in [-0.25, -0.2) is 9.97 Å². The van der Waals surface area contributed by atoms with Gasteiger partial charge < -0.3 is 32.6 Å². The fourth-order valence-corrected chi connectivity index (χ4v) is 2.86. The van der Waals surface area contributed by atoms with E-state index in [1.807, 2.05) is 54.4 Å². The summed E-state index contributed by atoms with van der Waals surface area (Å²) in [4.78, 5) is 15.2. The Balaban J connectivity index is 0.000000452. The van der Waals surface area contributed by atoms with Crippen molar-refractivity contribution in [1.82, 2.24) is 19.9 Å². The van der Waals surface area contributed by atoms with E-state index in [1.165, 1.54) is 6.42 Å². The van der Waals surface area contributed by atoms with E-state index in [0.29, 0.717) is 0 Å². The number of halogens is 1. The third kappa shape index (κ3) is 9.62. The topological polar surface area (TPSA) is 57.4 Å². The third-order valence-electron chi connectivity index (χ3n) is 3.64. The maximum Gasteiger partial charge on any atom is 0.131 e. The number of rotatable bonds is 4. The van der Waals surface area contributed by atoms with Crippen molar-refractivity contribution in [3.63, 3.8) is 0 Å². The SMILES string of the molecule is C.CC[CH-]I.PC=Cc1nc2ccccc2[nH]1.PCCc1nc2ccccc2[nH]1.[V]. The van der Waals surface area contributed by atoms with Gasteiger partial charge in [-0.05, 0) is 36.5 Å². The summed E-state index contributed by atoms with van der Waals surface area (Å²) >= 11 is 2.23. The predicted molar refractivity (Wildman–Crippen MR) is 145 cm³/mol. The predicted octanol–water partition coefficient (Wildman–Crippen LogP) is 7.02. The molecule has 0 aliphatic rings. The molecule has 0 bridgehead atoms. The zero-order chi connectivity index (χ0) is 20.2. The number of para-hydroxylation sites is 4. The van der Waals surface area contributed by atoms with E-state index in [-0.39, 0.29) is 26.0 Å². The van der Waals surface area contributed by atoms with Gasteiger partial charge in [-0.1, -0.05) is 44.4 Å². The number of fused-ring (bicyclic) bond motifs is 2. The number of H-pyrrole nitrogens is 2. The molecule has 2 N–H and O–H groups in total. The van der Waals surface area contributed by atoms with Crippen LogP contribution < -0.4 is 0 Å². The monoisotopic (exact) mass is 590 g/mol. The summed E-state index contributed by atoms with van der Waals surface area (Å²) in [6.45, 7) is 2.12. The summed E-state index contributed by atoms with van der Waals surface area (Å²) in [5, 5.41) is 0. The molecule has 0 saturated carbocycles. The molecule has 0 aliphatic carbocycles. The minimum absolute atomic E-state index is 0. The van der Waals surface area contributed by atoms with Crippen LogP contribution in [0.25, 0.3) is 28.1 Å². The largest absolute Gasteiger partial charge is 0.342 e. The van der Waals surface area contributed by atoms with Gasteiger partial charge in [0.2, 0.25) is 0 Å². The van der Waals surface area contributed by atoms with Gasteiger partial charge in [0.1, 0.15) is 11.6 Å². The normalized spacial score (nSPS) is 9.87. The first-order valence-electron chi connectivity index (χ1n) is 9.10. The zero-order valence-corrected chi connectivity index (χ0v) is 22.2. The maximum absolute atomic E-state index is 4.43. The molecule has 0 spiro atoms. The zero-order valence-electron chi connectivity index (χ0n) is 16.3. The summed E-state index contributed by atoms with van der Waals surface area (Å²) < 4.78 is 2.09. The van der Waals surface area contributed by atoms with Crippen LogP contribution in [0.15, 0.2) is 54.3 Å². The van der Waals surface area contributed by atoms with Crippen molar-refractivity contribution < 1.29 is 18.6 Å². The number of hydrogen-bond donors (Lipinski definition) is 2. The first-order valence-corrected chi connectivity index (χ1v) is 11.8. The number of nitrogens with one attached hydrogen (secondary N) is 2. The van der Waals surface area contributed by atoms with Gasteiger partial charge in [0.25, 0.3) is 0 Å². The Morgan fingerprint density at radius 2 is 1.53 bits per heavy atom. The second kappa shape index (κ2) is 16.9. The quantitative estimate of drug-likeness (QED) is 0.153. The maximum atomic E-state index is 4.43. The molecule has 0 fully saturated rings. The molecule has 1 radical (unpaired) electrons. The number of aromatic nitrogens is 4. The number of benzene rings is 2. The van der Waals surface area contributed by atoms with Crippen LogP contribution >= 0.6 is 41.1 Å². The molecule has 2 aromatic carbocycles. The van der Waals surface area contributed by atoms with Crippen molar-refractivity contribution in [2.75, 3.05) is 6.16 Å². The minimum atomic E-state index is 0. The van der Waals surface area contributed by atoms with Crippen LogP contribution in [0.1, 0.15) is 32.4 Å². The van der Waals surface area contributed by atoms with Gasteiger partial charge in [0.05, 0.1) is 22.1 Å². The van der Waals surface area contributed by atoms with Crippen LogP contribution in [0.2, 0.25) is 0 Å². The molecule has 0 amide bonds. The van der Waals surface area contributed by atoms with E-state index in [2.05, 4.69) is 78.4 Å².